The topological polar surface area (TPSA) is 104 Å². The number of aliphatic hydroxyl groups is 1. The van der Waals surface area contributed by atoms with Crippen LogP contribution in [0.15, 0.2) is 23.1 Å². The Morgan fingerprint density at radius 2 is 2.30 bits per heavy atom. The second-order valence-corrected chi connectivity index (χ2v) is 4.11. The molecule has 0 aliphatic carbocycles. The summed E-state index contributed by atoms with van der Waals surface area (Å²) in [5.74, 6) is -0.188. The number of pyridine rings is 2. The first-order chi connectivity index (χ1) is 9.67. The highest BCUT2D eigenvalue weighted by atomic mass is 16.5. The van der Waals surface area contributed by atoms with Gasteiger partial charge in [0, 0.05) is 25.4 Å². The Morgan fingerprint density at radius 1 is 1.50 bits per heavy atom. The molecule has 0 aromatic carbocycles. The highest BCUT2D eigenvalue weighted by Crippen LogP contribution is 2.11. The minimum Gasteiger partial charge on any atom is -0.481 e. The smallest absolute Gasteiger partial charge is 0.256 e. The molecule has 7 nitrogen and oxygen atoms in total. The minimum absolute atomic E-state index is 0.0174. The molecule has 0 fully saturated rings. The Balaban J connectivity index is 2.37. The maximum absolute atomic E-state index is 12.2. The zero-order valence-electron chi connectivity index (χ0n) is 11.0. The lowest BCUT2D eigenvalue weighted by molar-refractivity contribution is 0.0950. The molecule has 1 amide bonds. The summed E-state index contributed by atoms with van der Waals surface area (Å²) in [6.07, 6.45) is 1.79. The molecule has 0 atom stereocenters. The number of hydrogen-bond donors (Lipinski definition) is 3. The van der Waals surface area contributed by atoms with Crippen LogP contribution in [0.5, 0.6) is 5.88 Å². The van der Waals surface area contributed by atoms with Crippen molar-refractivity contribution in [3.63, 3.8) is 0 Å². The zero-order chi connectivity index (χ0) is 14.5. The number of amides is 1. The van der Waals surface area contributed by atoms with Crippen molar-refractivity contribution in [2.24, 2.45) is 0 Å². The van der Waals surface area contributed by atoms with Crippen LogP contribution in [0.3, 0.4) is 0 Å². The molecule has 3 N–H and O–H groups in total. The quantitative estimate of drug-likeness (QED) is 0.670. The Bertz CT molecular complexity index is 681. The van der Waals surface area contributed by atoms with Gasteiger partial charge in [0.2, 0.25) is 11.3 Å². The van der Waals surface area contributed by atoms with Crippen LogP contribution in [0, 0.1) is 0 Å². The number of carbonyl (C=O) groups is 1. The number of nitrogens with zero attached hydrogens (tertiary/aromatic N) is 1. The van der Waals surface area contributed by atoms with Gasteiger partial charge < -0.3 is 20.1 Å². The minimum atomic E-state index is -0.494. The molecule has 0 bridgehead atoms. The monoisotopic (exact) mass is 277 g/mol. The van der Waals surface area contributed by atoms with Gasteiger partial charge in [-0.3, -0.25) is 9.59 Å². The van der Waals surface area contributed by atoms with Crippen LogP contribution in [-0.2, 0) is 0 Å². The molecule has 2 rings (SSSR count). The van der Waals surface area contributed by atoms with Crippen LogP contribution in [0.2, 0.25) is 0 Å². The third-order valence-corrected chi connectivity index (χ3v) is 2.78. The van der Waals surface area contributed by atoms with Crippen molar-refractivity contribution in [3.8, 4) is 5.88 Å². The molecular formula is C13H15N3O4. The molecule has 0 spiro atoms. The van der Waals surface area contributed by atoms with Crippen molar-refractivity contribution in [1.82, 2.24) is 15.3 Å². The fraction of sp³-hybridized carbons (Fsp3) is 0.308. The summed E-state index contributed by atoms with van der Waals surface area (Å²) in [5.41, 5.74) is 0.206. The number of aliphatic hydroxyl groups excluding tert-OH is 1. The highest BCUT2D eigenvalue weighted by molar-refractivity contribution is 5.96. The highest BCUT2D eigenvalue weighted by Gasteiger charge is 2.13. The number of aromatic amines is 1. The Morgan fingerprint density at radius 3 is 3.00 bits per heavy atom. The average molecular weight is 277 g/mol. The van der Waals surface area contributed by atoms with E-state index in [1.54, 1.807) is 12.1 Å². The Kier molecular flexibility index (Phi) is 4.31. The van der Waals surface area contributed by atoms with E-state index < -0.39 is 11.3 Å². The van der Waals surface area contributed by atoms with Crippen molar-refractivity contribution < 1.29 is 14.6 Å². The number of H-pyrrole nitrogens is 1. The summed E-state index contributed by atoms with van der Waals surface area (Å²) >= 11 is 0. The average Bonchev–Trinajstić information content (AvgIpc) is 2.47. The van der Waals surface area contributed by atoms with Gasteiger partial charge in [-0.2, -0.15) is 0 Å². The number of methoxy groups -OCH3 is 1. The summed E-state index contributed by atoms with van der Waals surface area (Å²) in [6.45, 7) is 0.283. The molecule has 0 aliphatic heterocycles. The molecule has 20 heavy (non-hydrogen) atoms. The van der Waals surface area contributed by atoms with Crippen molar-refractivity contribution in [2.75, 3.05) is 20.3 Å². The second kappa shape index (κ2) is 6.16. The molecule has 0 radical (unpaired) electrons. The van der Waals surface area contributed by atoms with E-state index in [0.717, 1.165) is 0 Å². The van der Waals surface area contributed by atoms with Gasteiger partial charge in [-0.1, -0.05) is 0 Å². The summed E-state index contributed by atoms with van der Waals surface area (Å²) in [5, 5.41) is 11.2. The van der Waals surface area contributed by atoms with Crippen LogP contribution in [0.25, 0.3) is 11.0 Å². The largest absolute Gasteiger partial charge is 0.481 e. The lowest BCUT2D eigenvalue weighted by Gasteiger charge is -2.05. The van der Waals surface area contributed by atoms with Crippen molar-refractivity contribution in [3.05, 3.63) is 34.1 Å². The van der Waals surface area contributed by atoms with Gasteiger partial charge in [0.1, 0.15) is 11.1 Å². The standard InChI is InChI=1S/C13H15N3O4/c1-20-10-4-3-9-11(16-10)12(18)8(7-15-9)13(19)14-5-2-6-17/h3-4,7,17H,2,5-6H2,1H3,(H,14,19)(H,15,18). The molecule has 0 saturated carbocycles. The number of nitrogens with one attached hydrogen (secondary N) is 2. The first kappa shape index (κ1) is 14.0. The van der Waals surface area contributed by atoms with Gasteiger partial charge in [-0.05, 0) is 12.5 Å². The molecule has 7 heteroatoms. The number of carbonyl (C=O) groups excluding carboxylic acids is 1. The van der Waals surface area contributed by atoms with Crippen LogP contribution in [0.1, 0.15) is 16.8 Å². The van der Waals surface area contributed by atoms with Crippen molar-refractivity contribution in [2.45, 2.75) is 6.42 Å². The van der Waals surface area contributed by atoms with Crippen LogP contribution in [-0.4, -0.2) is 41.2 Å². The van der Waals surface area contributed by atoms with E-state index in [0.29, 0.717) is 24.4 Å². The van der Waals surface area contributed by atoms with Gasteiger partial charge >= 0.3 is 0 Å². The predicted molar refractivity (Wildman–Crippen MR) is 73.0 cm³/mol. The van der Waals surface area contributed by atoms with E-state index >= 15 is 0 Å². The molecule has 2 aromatic rings. The molecule has 0 aliphatic rings. The number of ether oxygens (including phenoxy) is 1. The third-order valence-electron chi connectivity index (χ3n) is 2.78. The number of aromatic nitrogens is 2. The first-order valence-electron chi connectivity index (χ1n) is 6.13. The fourth-order valence-electron chi connectivity index (χ4n) is 1.73. The molecule has 0 unspecified atom stereocenters. The third kappa shape index (κ3) is 2.77. The van der Waals surface area contributed by atoms with E-state index in [1.165, 1.54) is 13.3 Å². The second-order valence-electron chi connectivity index (χ2n) is 4.11. The Hall–Kier alpha value is -2.41. The number of rotatable bonds is 5. The molecular weight excluding hydrogens is 262 g/mol. The predicted octanol–water partition coefficient (Wildman–Crippen LogP) is 0.0439. The SMILES string of the molecule is COc1ccc2[nH]cc(C(=O)NCCCO)c(=O)c2n1. The van der Waals surface area contributed by atoms with Crippen molar-refractivity contribution >= 4 is 16.9 Å². The van der Waals surface area contributed by atoms with E-state index in [2.05, 4.69) is 15.3 Å². The molecule has 2 heterocycles. The molecule has 2 aromatic heterocycles. The zero-order valence-corrected chi connectivity index (χ0v) is 11.0. The molecule has 0 saturated heterocycles. The van der Waals surface area contributed by atoms with E-state index in [-0.39, 0.29) is 17.7 Å². The van der Waals surface area contributed by atoms with Gasteiger partial charge in [0.05, 0.1) is 12.6 Å². The maximum Gasteiger partial charge on any atom is 0.256 e. The van der Waals surface area contributed by atoms with E-state index in [4.69, 9.17) is 9.84 Å². The van der Waals surface area contributed by atoms with Gasteiger partial charge in [-0.15, -0.1) is 0 Å². The summed E-state index contributed by atoms with van der Waals surface area (Å²) < 4.78 is 4.96. The van der Waals surface area contributed by atoms with Crippen LogP contribution in [0.4, 0.5) is 0 Å². The lowest BCUT2D eigenvalue weighted by atomic mass is 10.2. The van der Waals surface area contributed by atoms with Crippen LogP contribution >= 0.6 is 0 Å². The first-order valence-corrected chi connectivity index (χ1v) is 6.13. The maximum atomic E-state index is 12.2. The summed E-state index contributed by atoms with van der Waals surface area (Å²) in [7, 11) is 1.45. The van der Waals surface area contributed by atoms with E-state index in [9.17, 15) is 9.59 Å². The normalized spacial score (nSPS) is 10.5. The summed E-state index contributed by atoms with van der Waals surface area (Å²) in [6, 6.07) is 3.29. The fourth-order valence-corrected chi connectivity index (χ4v) is 1.73. The summed E-state index contributed by atoms with van der Waals surface area (Å²) in [4.78, 5) is 31.0. The van der Waals surface area contributed by atoms with Gasteiger partial charge in [0.15, 0.2) is 0 Å². The van der Waals surface area contributed by atoms with E-state index in [1.807, 2.05) is 0 Å². The van der Waals surface area contributed by atoms with Crippen LogP contribution < -0.4 is 15.5 Å². The van der Waals surface area contributed by atoms with Gasteiger partial charge in [-0.25, -0.2) is 4.98 Å². The molecule has 106 valence electrons. The van der Waals surface area contributed by atoms with Gasteiger partial charge in [0.25, 0.3) is 5.91 Å². The van der Waals surface area contributed by atoms with Crippen molar-refractivity contribution in [1.29, 1.82) is 0 Å². The lowest BCUT2D eigenvalue weighted by Crippen LogP contribution is -2.30. The Labute approximate surface area is 114 Å². The number of hydrogen-bond acceptors (Lipinski definition) is 5. The number of fused-ring (bicyclic) bond motifs is 1.